The summed E-state index contributed by atoms with van der Waals surface area (Å²) in [6.45, 7) is 4.76. The van der Waals surface area contributed by atoms with Crippen molar-refractivity contribution in [1.82, 2.24) is 0 Å². The Kier molecular flexibility index (Phi) is 5.43. The highest BCUT2D eigenvalue weighted by Gasteiger charge is 2.38. The lowest BCUT2D eigenvalue weighted by Crippen LogP contribution is -2.10. The summed E-state index contributed by atoms with van der Waals surface area (Å²) in [5.41, 5.74) is -3.42. The van der Waals surface area contributed by atoms with E-state index in [-0.39, 0.29) is 12.0 Å². The van der Waals surface area contributed by atoms with E-state index in [1.165, 1.54) is 0 Å². The molecule has 11 heteroatoms. The summed E-state index contributed by atoms with van der Waals surface area (Å²) in [4.78, 5) is 40.8. The van der Waals surface area contributed by atoms with Crippen LogP contribution in [0.4, 0.5) is 17.1 Å². The van der Waals surface area contributed by atoms with Crippen molar-refractivity contribution in [3.8, 4) is 0 Å². The largest absolute Gasteiger partial charge is 0.454 e. The van der Waals surface area contributed by atoms with E-state index in [2.05, 4.69) is 6.58 Å². The molecule has 1 rings (SSSR count). The maximum atomic E-state index is 11.3. The zero-order chi connectivity index (χ0) is 17.7. The van der Waals surface area contributed by atoms with Crippen LogP contribution in [0.2, 0.25) is 0 Å². The zero-order valence-electron chi connectivity index (χ0n) is 11.8. The smallest absolute Gasteiger partial charge is 0.422 e. The van der Waals surface area contributed by atoms with Crippen LogP contribution in [-0.4, -0.2) is 20.7 Å². The van der Waals surface area contributed by atoms with Gasteiger partial charge >= 0.3 is 23.0 Å². The van der Waals surface area contributed by atoms with E-state index >= 15 is 0 Å². The lowest BCUT2D eigenvalue weighted by Gasteiger charge is -2.15. The second-order valence-corrected chi connectivity index (χ2v) is 4.22. The van der Waals surface area contributed by atoms with Crippen LogP contribution >= 0.6 is 0 Å². The van der Waals surface area contributed by atoms with Gasteiger partial charge in [0.2, 0.25) is 0 Å². The van der Waals surface area contributed by atoms with E-state index in [0.717, 1.165) is 18.2 Å². The summed E-state index contributed by atoms with van der Waals surface area (Å²) in [5.74, 6) is -0.833. The molecule has 0 aliphatic rings. The molecule has 0 heterocycles. The molecule has 0 saturated heterocycles. The Balaban J connectivity index is 3.59. The molecule has 0 bridgehead atoms. The van der Waals surface area contributed by atoms with Gasteiger partial charge in [-0.2, -0.15) is 0 Å². The summed E-state index contributed by atoms with van der Waals surface area (Å²) < 4.78 is 4.93. The number of rotatable bonds is 7. The lowest BCUT2D eigenvalue weighted by atomic mass is 10.0. The second kappa shape index (κ2) is 7.06. The molecule has 0 amide bonds. The summed E-state index contributed by atoms with van der Waals surface area (Å²) in [6, 6.07) is 1.57. The fraction of sp³-hybridized carbons (Fsp3) is 0.250. The molecule has 23 heavy (non-hydrogen) atoms. The molecule has 0 radical (unpaired) electrons. The summed E-state index contributed by atoms with van der Waals surface area (Å²) in [7, 11) is 0. The van der Waals surface area contributed by atoms with E-state index in [1.807, 2.05) is 0 Å². The van der Waals surface area contributed by atoms with E-state index < -0.39 is 43.9 Å². The number of benzene rings is 1. The summed E-state index contributed by atoms with van der Waals surface area (Å²) in [6.07, 6.45) is -0.0403. The minimum absolute atomic E-state index is 0.0910. The maximum Gasteiger partial charge on any atom is 0.422 e. The van der Waals surface area contributed by atoms with Crippen molar-refractivity contribution in [2.45, 2.75) is 19.4 Å². The Morgan fingerprint density at radius 3 is 1.96 bits per heavy atom. The third kappa shape index (κ3) is 3.84. The van der Waals surface area contributed by atoms with Crippen LogP contribution in [0, 0.1) is 30.3 Å². The average molecular weight is 325 g/mol. The van der Waals surface area contributed by atoms with Crippen molar-refractivity contribution in [1.29, 1.82) is 0 Å². The van der Waals surface area contributed by atoms with Gasteiger partial charge in [-0.1, -0.05) is 13.5 Å². The number of nitro groups is 3. The molecule has 0 saturated carbocycles. The molecule has 122 valence electrons. The van der Waals surface area contributed by atoms with Crippen LogP contribution in [0.25, 0.3) is 0 Å². The Morgan fingerprint density at radius 2 is 1.65 bits per heavy atom. The molecular weight excluding hydrogens is 314 g/mol. The van der Waals surface area contributed by atoms with Gasteiger partial charge in [0.1, 0.15) is 6.10 Å². The van der Waals surface area contributed by atoms with Crippen molar-refractivity contribution >= 4 is 23.0 Å². The Bertz CT molecular complexity index is 665. The van der Waals surface area contributed by atoms with Gasteiger partial charge in [0, 0.05) is 23.8 Å². The molecule has 1 atom stereocenters. The normalized spacial score (nSPS) is 11.3. The van der Waals surface area contributed by atoms with Crippen molar-refractivity contribution < 1.29 is 24.3 Å². The maximum absolute atomic E-state index is 11.3. The first-order valence-corrected chi connectivity index (χ1v) is 6.17. The molecule has 0 aromatic heterocycles. The molecule has 1 aromatic rings. The monoisotopic (exact) mass is 325 g/mol. The first kappa shape index (κ1) is 17.7. The Labute approximate surface area is 128 Å². The molecular formula is C12H11N3O8. The fourth-order valence-electron chi connectivity index (χ4n) is 1.85. The van der Waals surface area contributed by atoms with Gasteiger partial charge in [0.15, 0.2) is 0 Å². The predicted octanol–water partition coefficient (Wildman–Crippen LogP) is 2.59. The highest BCUT2D eigenvalue weighted by molar-refractivity contribution is 5.81. The number of hydrogen-bond acceptors (Lipinski definition) is 8. The van der Waals surface area contributed by atoms with Gasteiger partial charge in [0.05, 0.1) is 14.8 Å². The zero-order valence-corrected chi connectivity index (χ0v) is 11.8. The quantitative estimate of drug-likeness (QED) is 0.320. The third-order valence-electron chi connectivity index (χ3n) is 2.84. The highest BCUT2D eigenvalue weighted by Crippen LogP contribution is 2.40. The number of nitro benzene ring substituents is 3. The fourth-order valence-corrected chi connectivity index (χ4v) is 1.85. The SMILES string of the molecule is C=CC(=O)OC(CC)c1cc([N+](=O)[O-])c([N+](=O)[O-])c([N+](=O)[O-])c1. The third-order valence-corrected chi connectivity index (χ3v) is 2.84. The topological polar surface area (TPSA) is 156 Å². The van der Waals surface area contributed by atoms with Crippen molar-refractivity contribution in [3.05, 3.63) is 60.7 Å². The number of ether oxygens (including phenoxy) is 1. The van der Waals surface area contributed by atoms with Gasteiger partial charge in [-0.25, -0.2) is 4.79 Å². The average Bonchev–Trinajstić information content (AvgIpc) is 2.50. The van der Waals surface area contributed by atoms with Crippen molar-refractivity contribution in [3.63, 3.8) is 0 Å². The van der Waals surface area contributed by atoms with Crippen LogP contribution in [-0.2, 0) is 9.53 Å². The van der Waals surface area contributed by atoms with Crippen LogP contribution in [0.1, 0.15) is 25.0 Å². The molecule has 11 nitrogen and oxygen atoms in total. The second-order valence-electron chi connectivity index (χ2n) is 4.22. The molecule has 1 unspecified atom stereocenters. The molecule has 1 aromatic carbocycles. The van der Waals surface area contributed by atoms with Crippen LogP contribution in [0.15, 0.2) is 24.8 Å². The van der Waals surface area contributed by atoms with Gasteiger partial charge < -0.3 is 4.74 Å². The summed E-state index contributed by atoms with van der Waals surface area (Å²) >= 11 is 0. The van der Waals surface area contributed by atoms with Crippen LogP contribution in [0.3, 0.4) is 0 Å². The van der Waals surface area contributed by atoms with Crippen LogP contribution < -0.4 is 0 Å². The van der Waals surface area contributed by atoms with Crippen LogP contribution in [0.5, 0.6) is 0 Å². The Morgan fingerprint density at radius 1 is 1.17 bits per heavy atom. The molecule has 0 spiro atoms. The van der Waals surface area contributed by atoms with Crippen molar-refractivity contribution in [2.24, 2.45) is 0 Å². The number of hydrogen-bond donors (Lipinski definition) is 0. The first-order chi connectivity index (χ1) is 10.7. The first-order valence-electron chi connectivity index (χ1n) is 6.17. The molecule has 0 N–H and O–H groups in total. The van der Waals surface area contributed by atoms with E-state index in [9.17, 15) is 35.1 Å². The number of nitrogens with zero attached hydrogens (tertiary/aromatic N) is 3. The lowest BCUT2D eigenvalue weighted by molar-refractivity contribution is -0.441. The van der Waals surface area contributed by atoms with E-state index in [0.29, 0.717) is 0 Å². The standard InChI is InChI=1S/C12H11N3O8/c1-3-10(23-11(16)4-2)7-5-8(13(17)18)12(15(21)22)9(6-7)14(19)20/h4-6,10H,2-3H2,1H3. The molecule has 0 aliphatic carbocycles. The molecule has 0 fully saturated rings. The van der Waals surface area contributed by atoms with Gasteiger partial charge in [-0.05, 0) is 6.42 Å². The van der Waals surface area contributed by atoms with Crippen molar-refractivity contribution in [2.75, 3.05) is 0 Å². The summed E-state index contributed by atoms with van der Waals surface area (Å²) in [5, 5.41) is 32.9. The number of carbonyl (C=O) groups is 1. The Hall–Kier alpha value is -3.37. The van der Waals surface area contributed by atoms with Gasteiger partial charge in [-0.15, -0.1) is 0 Å². The minimum atomic E-state index is -1.23. The highest BCUT2D eigenvalue weighted by atomic mass is 16.6. The number of esters is 1. The van der Waals surface area contributed by atoms with Gasteiger partial charge in [0.25, 0.3) is 0 Å². The molecule has 0 aliphatic heterocycles. The minimum Gasteiger partial charge on any atom is -0.454 e. The van der Waals surface area contributed by atoms with E-state index in [1.54, 1.807) is 6.92 Å². The van der Waals surface area contributed by atoms with E-state index in [4.69, 9.17) is 4.74 Å². The number of carbonyl (C=O) groups excluding carboxylic acids is 1. The predicted molar refractivity (Wildman–Crippen MR) is 75.7 cm³/mol. The van der Waals surface area contributed by atoms with Gasteiger partial charge in [-0.3, -0.25) is 30.3 Å².